The molecule has 0 fully saturated rings. The molecule has 3 aromatic carbocycles. The topological polar surface area (TPSA) is 54.2 Å². The summed E-state index contributed by atoms with van der Waals surface area (Å²) < 4.78 is 7.09. The predicted molar refractivity (Wildman–Crippen MR) is 116 cm³/mol. The molecule has 0 saturated heterocycles. The molecule has 0 aliphatic heterocycles. The fraction of sp³-hybridized carbons (Fsp3) is 0. The number of nitrogens with zero attached hydrogens (tertiary/aromatic N) is 2. The average molecular weight is 451 g/mol. The van der Waals surface area contributed by atoms with Crippen molar-refractivity contribution in [1.29, 1.82) is 0 Å². The molecule has 5 rings (SSSR count). The smallest absolute Gasteiger partial charge is 0.230 e. The van der Waals surface area contributed by atoms with Crippen LogP contribution in [0.25, 0.3) is 33.4 Å². The number of halogens is 2. The number of aromatic amines is 1. The highest BCUT2D eigenvalue weighted by Crippen LogP contribution is 2.25. The van der Waals surface area contributed by atoms with Gasteiger partial charge >= 0.3 is 0 Å². The van der Waals surface area contributed by atoms with Crippen LogP contribution in [0.5, 0.6) is 0 Å². The summed E-state index contributed by atoms with van der Waals surface area (Å²) in [4.78, 5) is 12.8. The van der Waals surface area contributed by atoms with E-state index in [1.807, 2.05) is 66.7 Å². The summed E-state index contributed by atoms with van der Waals surface area (Å²) in [6.45, 7) is 0. The fourth-order valence-electron chi connectivity index (χ4n) is 3.10. The Balaban J connectivity index is 1.82. The van der Waals surface area contributed by atoms with Crippen LogP contribution in [-0.4, -0.2) is 9.97 Å². The second-order valence-electron chi connectivity index (χ2n) is 6.34. The zero-order valence-corrected chi connectivity index (χ0v) is 16.8. The van der Waals surface area contributed by atoms with Crippen molar-refractivity contribution in [2.45, 2.75) is 0 Å². The van der Waals surface area contributed by atoms with Crippen LogP contribution in [0.15, 0.2) is 86.7 Å². The number of imidazole rings is 1. The minimum atomic E-state index is 0.479. The lowest BCUT2D eigenvalue weighted by Crippen LogP contribution is -2.06. The summed E-state index contributed by atoms with van der Waals surface area (Å²) in [7, 11) is 0. The van der Waals surface area contributed by atoms with Crippen molar-refractivity contribution in [2.24, 2.45) is 4.99 Å². The van der Waals surface area contributed by atoms with E-state index >= 15 is 0 Å². The molecule has 6 heteroatoms. The van der Waals surface area contributed by atoms with Gasteiger partial charge in [-0.25, -0.2) is 9.98 Å². The molecule has 0 spiro atoms. The minimum Gasteiger partial charge on any atom is -0.438 e. The summed E-state index contributed by atoms with van der Waals surface area (Å²) in [5.74, 6) is 0.695. The van der Waals surface area contributed by atoms with Crippen LogP contribution >= 0.6 is 27.5 Å². The van der Waals surface area contributed by atoms with E-state index < -0.39 is 0 Å². The molecule has 1 N–H and O–H groups in total. The molecule has 0 atom stereocenters. The van der Waals surface area contributed by atoms with Gasteiger partial charge in [0.2, 0.25) is 5.55 Å². The molecule has 0 amide bonds. The molecule has 0 radical (unpaired) electrons. The van der Waals surface area contributed by atoms with Crippen molar-refractivity contribution < 1.29 is 4.42 Å². The number of hydrogen-bond donors (Lipinski definition) is 1. The van der Waals surface area contributed by atoms with Crippen LogP contribution in [0, 0.1) is 0 Å². The van der Waals surface area contributed by atoms with Gasteiger partial charge in [-0.1, -0.05) is 45.7 Å². The van der Waals surface area contributed by atoms with E-state index in [1.54, 1.807) is 6.07 Å². The number of benzene rings is 3. The average Bonchev–Trinajstić information content (AvgIpc) is 3.12. The Morgan fingerprint density at radius 3 is 2.71 bits per heavy atom. The van der Waals surface area contributed by atoms with Crippen LogP contribution in [0.4, 0.5) is 5.69 Å². The first-order chi connectivity index (χ1) is 13.7. The lowest BCUT2D eigenvalue weighted by Gasteiger charge is -2.04. The third kappa shape index (κ3) is 3.23. The van der Waals surface area contributed by atoms with E-state index in [0.717, 1.165) is 32.1 Å². The van der Waals surface area contributed by atoms with Gasteiger partial charge in [0, 0.05) is 14.9 Å². The van der Waals surface area contributed by atoms with Gasteiger partial charge in [-0.2, -0.15) is 0 Å². The van der Waals surface area contributed by atoms with E-state index in [9.17, 15) is 0 Å². The Morgan fingerprint density at radius 1 is 0.964 bits per heavy atom. The second kappa shape index (κ2) is 6.93. The summed E-state index contributed by atoms with van der Waals surface area (Å²) in [5.41, 5.74) is 4.58. The molecule has 136 valence electrons. The molecule has 2 heterocycles. The molecular formula is C22H13BrClN3O. The highest BCUT2D eigenvalue weighted by molar-refractivity contribution is 9.10. The van der Waals surface area contributed by atoms with Crippen LogP contribution in [0.1, 0.15) is 0 Å². The van der Waals surface area contributed by atoms with Crippen molar-refractivity contribution in [2.75, 3.05) is 0 Å². The molecule has 0 bridgehead atoms. The lowest BCUT2D eigenvalue weighted by atomic mass is 10.2. The second-order valence-corrected chi connectivity index (χ2v) is 7.69. The quantitative estimate of drug-likeness (QED) is 0.328. The number of nitrogens with one attached hydrogen (secondary N) is 1. The number of H-pyrrole nitrogens is 1. The van der Waals surface area contributed by atoms with Crippen molar-refractivity contribution in [3.05, 3.63) is 87.8 Å². The zero-order chi connectivity index (χ0) is 19.1. The van der Waals surface area contributed by atoms with Gasteiger partial charge in [0.15, 0.2) is 0 Å². The Kier molecular flexibility index (Phi) is 4.26. The van der Waals surface area contributed by atoms with Crippen molar-refractivity contribution in [3.8, 4) is 11.4 Å². The first-order valence-corrected chi connectivity index (χ1v) is 9.82. The van der Waals surface area contributed by atoms with E-state index in [0.29, 0.717) is 22.0 Å². The Morgan fingerprint density at radius 2 is 1.86 bits per heavy atom. The number of hydrogen-bond acceptors (Lipinski definition) is 3. The van der Waals surface area contributed by atoms with Crippen LogP contribution in [-0.2, 0) is 0 Å². The molecule has 0 aliphatic rings. The molecule has 0 saturated carbocycles. The molecule has 28 heavy (non-hydrogen) atoms. The molecular weight excluding hydrogens is 438 g/mol. The number of fused-ring (bicyclic) bond motifs is 2. The van der Waals surface area contributed by atoms with Gasteiger partial charge in [-0.3, -0.25) is 0 Å². The van der Waals surface area contributed by atoms with Crippen LogP contribution in [0.3, 0.4) is 0 Å². The summed E-state index contributed by atoms with van der Waals surface area (Å²) in [6, 6.07) is 23.2. The van der Waals surface area contributed by atoms with Crippen molar-refractivity contribution >= 4 is 55.2 Å². The van der Waals surface area contributed by atoms with E-state index in [1.165, 1.54) is 0 Å². The lowest BCUT2D eigenvalue weighted by molar-refractivity contribution is 0.547. The standard InChI is InChI=1S/C22H13BrClN3O/c23-14-4-3-5-16(12-14)25-22-17(11-13-10-15(24)8-9-20(13)28-22)21-26-18-6-1-2-7-19(18)27-21/h1-12H,(H,26,27). The number of aromatic nitrogens is 2. The predicted octanol–water partition coefficient (Wildman–Crippen LogP) is 6.62. The monoisotopic (exact) mass is 449 g/mol. The fourth-order valence-corrected chi connectivity index (χ4v) is 3.67. The van der Waals surface area contributed by atoms with Gasteiger partial charge in [0.25, 0.3) is 0 Å². The van der Waals surface area contributed by atoms with Gasteiger partial charge in [0.05, 0.1) is 22.3 Å². The Hall–Kier alpha value is -2.89. The minimum absolute atomic E-state index is 0.479. The summed E-state index contributed by atoms with van der Waals surface area (Å²) in [6.07, 6.45) is 0. The third-order valence-corrected chi connectivity index (χ3v) is 5.12. The van der Waals surface area contributed by atoms with E-state index in [2.05, 4.69) is 20.9 Å². The third-order valence-electron chi connectivity index (χ3n) is 4.39. The molecule has 4 nitrogen and oxygen atoms in total. The van der Waals surface area contributed by atoms with Gasteiger partial charge in [0.1, 0.15) is 11.4 Å². The van der Waals surface area contributed by atoms with Gasteiger partial charge in [-0.05, 0) is 54.6 Å². The van der Waals surface area contributed by atoms with Gasteiger partial charge in [-0.15, -0.1) is 0 Å². The Labute approximate surface area is 173 Å². The van der Waals surface area contributed by atoms with E-state index in [4.69, 9.17) is 26.0 Å². The van der Waals surface area contributed by atoms with E-state index in [-0.39, 0.29) is 0 Å². The largest absolute Gasteiger partial charge is 0.438 e. The highest BCUT2D eigenvalue weighted by Gasteiger charge is 2.12. The number of rotatable bonds is 2. The summed E-state index contributed by atoms with van der Waals surface area (Å²) >= 11 is 9.66. The SMILES string of the molecule is Clc1ccc2oc(=Nc3cccc(Br)c3)c(-c3nc4ccccc4[nH]3)cc2c1. The molecule has 0 aliphatic carbocycles. The number of para-hydroxylation sites is 2. The highest BCUT2D eigenvalue weighted by atomic mass is 79.9. The zero-order valence-electron chi connectivity index (χ0n) is 14.5. The Bertz CT molecular complexity index is 1370. The molecule has 0 unspecified atom stereocenters. The van der Waals surface area contributed by atoms with Crippen LogP contribution in [0.2, 0.25) is 5.02 Å². The van der Waals surface area contributed by atoms with Crippen LogP contribution < -0.4 is 5.55 Å². The normalized spacial score (nSPS) is 12.1. The first kappa shape index (κ1) is 17.2. The van der Waals surface area contributed by atoms with Gasteiger partial charge < -0.3 is 9.40 Å². The molecule has 5 aromatic rings. The summed E-state index contributed by atoms with van der Waals surface area (Å²) in [5, 5.41) is 1.53. The maximum Gasteiger partial charge on any atom is 0.230 e. The molecule has 2 aromatic heterocycles. The van der Waals surface area contributed by atoms with Crippen molar-refractivity contribution in [3.63, 3.8) is 0 Å². The maximum atomic E-state index is 6.17. The first-order valence-electron chi connectivity index (χ1n) is 8.64. The maximum absolute atomic E-state index is 6.17. The van der Waals surface area contributed by atoms with Crippen molar-refractivity contribution in [1.82, 2.24) is 9.97 Å².